The molecule has 0 heterocycles. The topological polar surface area (TPSA) is 84.2 Å². The largest absolute Gasteiger partial charge is 0.352 e. The molecule has 1 atom stereocenters. The highest BCUT2D eigenvalue weighted by atomic mass is 35.5. The van der Waals surface area contributed by atoms with Gasteiger partial charge in [-0.15, -0.1) is 12.4 Å². The van der Waals surface area contributed by atoms with Crippen molar-refractivity contribution < 1.29 is 9.59 Å². The summed E-state index contributed by atoms with van der Waals surface area (Å²) in [5, 5.41) is 5.76. The summed E-state index contributed by atoms with van der Waals surface area (Å²) in [6, 6.07) is 9.11. The Morgan fingerprint density at radius 3 is 2.48 bits per heavy atom. The highest BCUT2D eigenvalue weighted by Crippen LogP contribution is 2.01. The highest BCUT2D eigenvalue weighted by Gasteiger charge is 2.10. The fourth-order valence-corrected chi connectivity index (χ4v) is 2.14. The first-order valence-corrected chi connectivity index (χ1v) is 8.00. The van der Waals surface area contributed by atoms with Crippen LogP contribution in [0.15, 0.2) is 30.3 Å². The second-order valence-electron chi connectivity index (χ2n) is 5.37. The third-order valence-corrected chi connectivity index (χ3v) is 3.46. The second-order valence-corrected chi connectivity index (χ2v) is 5.37. The Balaban J connectivity index is 0.00000484. The Kier molecular flexibility index (Phi) is 12.0. The zero-order valence-corrected chi connectivity index (χ0v) is 14.5. The van der Waals surface area contributed by atoms with Crippen LogP contribution >= 0.6 is 12.4 Å². The molecule has 23 heavy (non-hydrogen) atoms. The lowest BCUT2D eigenvalue weighted by Crippen LogP contribution is -2.40. The van der Waals surface area contributed by atoms with E-state index in [9.17, 15) is 9.59 Å². The van der Waals surface area contributed by atoms with E-state index in [4.69, 9.17) is 5.73 Å². The maximum atomic E-state index is 11.8. The summed E-state index contributed by atoms with van der Waals surface area (Å²) in [6.07, 6.45) is 4.10. The summed E-state index contributed by atoms with van der Waals surface area (Å²) in [7, 11) is 0. The molecule has 0 bridgehead atoms. The lowest BCUT2D eigenvalue weighted by Gasteiger charge is -2.16. The molecule has 0 saturated carbocycles. The number of hydrogen-bond acceptors (Lipinski definition) is 3. The molecule has 2 amide bonds. The van der Waals surface area contributed by atoms with Gasteiger partial charge < -0.3 is 16.4 Å². The van der Waals surface area contributed by atoms with Crippen LogP contribution in [0.2, 0.25) is 0 Å². The maximum Gasteiger partial charge on any atom is 0.251 e. The van der Waals surface area contributed by atoms with Crippen molar-refractivity contribution in [2.24, 2.45) is 5.73 Å². The summed E-state index contributed by atoms with van der Waals surface area (Å²) < 4.78 is 0. The van der Waals surface area contributed by atoms with Gasteiger partial charge in [-0.1, -0.05) is 38.0 Å². The lowest BCUT2D eigenvalue weighted by molar-refractivity contribution is -0.121. The molecule has 130 valence electrons. The van der Waals surface area contributed by atoms with Crippen molar-refractivity contribution >= 4 is 24.2 Å². The molecule has 1 unspecified atom stereocenters. The second kappa shape index (κ2) is 12.9. The summed E-state index contributed by atoms with van der Waals surface area (Å²) in [5.74, 6) is -0.107. The Bertz CT molecular complexity index is 454. The van der Waals surface area contributed by atoms with Crippen LogP contribution in [0.5, 0.6) is 0 Å². The molecule has 0 saturated heterocycles. The molecule has 6 heteroatoms. The Labute approximate surface area is 144 Å². The molecule has 1 aromatic carbocycles. The number of carbonyl (C=O) groups is 2. The first-order chi connectivity index (χ1) is 10.7. The molecule has 0 radical (unpaired) electrons. The van der Waals surface area contributed by atoms with Gasteiger partial charge >= 0.3 is 0 Å². The van der Waals surface area contributed by atoms with E-state index in [-0.39, 0.29) is 30.3 Å². The molecule has 0 aliphatic heterocycles. The average Bonchev–Trinajstić information content (AvgIpc) is 2.56. The first-order valence-electron chi connectivity index (χ1n) is 8.00. The van der Waals surface area contributed by atoms with E-state index >= 15 is 0 Å². The monoisotopic (exact) mass is 341 g/mol. The fourth-order valence-electron chi connectivity index (χ4n) is 2.14. The van der Waals surface area contributed by atoms with Crippen LogP contribution in [0.1, 0.15) is 49.4 Å². The van der Waals surface area contributed by atoms with Crippen molar-refractivity contribution in [1.29, 1.82) is 0 Å². The van der Waals surface area contributed by atoms with Gasteiger partial charge in [0, 0.05) is 31.1 Å². The maximum absolute atomic E-state index is 11.8. The van der Waals surface area contributed by atoms with Crippen molar-refractivity contribution in [3.05, 3.63) is 35.9 Å². The molecule has 1 aromatic rings. The van der Waals surface area contributed by atoms with E-state index in [2.05, 4.69) is 17.6 Å². The van der Waals surface area contributed by atoms with E-state index in [0.717, 1.165) is 19.3 Å². The number of nitrogens with two attached hydrogens (primary N) is 1. The quantitative estimate of drug-likeness (QED) is 0.571. The fraction of sp³-hybridized carbons (Fsp3) is 0.529. The van der Waals surface area contributed by atoms with Crippen LogP contribution in [-0.4, -0.2) is 30.9 Å². The number of carbonyl (C=O) groups excluding carboxylic acids is 2. The van der Waals surface area contributed by atoms with Crippen LogP contribution in [0.4, 0.5) is 0 Å². The van der Waals surface area contributed by atoms with Gasteiger partial charge in [0.25, 0.3) is 5.91 Å². The molecule has 0 aliphatic rings. The third-order valence-electron chi connectivity index (χ3n) is 3.46. The van der Waals surface area contributed by atoms with E-state index in [1.165, 1.54) is 0 Å². The SMILES string of the molecule is CCCCC(CN)NC(=O)CCCNC(=O)c1ccccc1.Cl. The molecular weight excluding hydrogens is 314 g/mol. The van der Waals surface area contributed by atoms with E-state index in [1.807, 2.05) is 18.2 Å². The number of rotatable bonds is 10. The predicted molar refractivity (Wildman–Crippen MR) is 95.8 cm³/mol. The van der Waals surface area contributed by atoms with Gasteiger partial charge in [-0.25, -0.2) is 0 Å². The summed E-state index contributed by atoms with van der Waals surface area (Å²) in [6.45, 7) is 3.07. The van der Waals surface area contributed by atoms with Gasteiger partial charge in [0.2, 0.25) is 5.91 Å². The standard InChI is InChI=1S/C17H27N3O2.ClH/c1-2-3-10-15(13-18)20-16(21)11-7-12-19-17(22)14-8-5-4-6-9-14;/h4-6,8-9,15H,2-3,7,10-13,18H2,1H3,(H,19,22)(H,20,21);1H. The molecule has 0 aromatic heterocycles. The predicted octanol–water partition coefficient (Wildman–Crippen LogP) is 2.25. The molecule has 0 spiro atoms. The van der Waals surface area contributed by atoms with Crippen LogP contribution in [0.25, 0.3) is 0 Å². The van der Waals surface area contributed by atoms with Crippen LogP contribution in [0.3, 0.4) is 0 Å². The van der Waals surface area contributed by atoms with Gasteiger partial charge in [-0.3, -0.25) is 9.59 Å². The van der Waals surface area contributed by atoms with Crippen molar-refractivity contribution in [2.75, 3.05) is 13.1 Å². The third kappa shape index (κ3) is 9.21. The average molecular weight is 342 g/mol. The molecule has 0 fully saturated rings. The molecular formula is C17H28ClN3O2. The zero-order valence-electron chi connectivity index (χ0n) is 13.7. The first kappa shape index (κ1) is 21.4. The Hall–Kier alpha value is -1.59. The molecule has 1 rings (SSSR count). The van der Waals surface area contributed by atoms with E-state index in [1.54, 1.807) is 12.1 Å². The van der Waals surface area contributed by atoms with Crippen molar-refractivity contribution in [3.8, 4) is 0 Å². The van der Waals surface area contributed by atoms with E-state index < -0.39 is 0 Å². The number of nitrogens with one attached hydrogen (secondary N) is 2. The van der Waals surface area contributed by atoms with Gasteiger partial charge in [-0.05, 0) is 25.0 Å². The number of amides is 2. The number of hydrogen-bond donors (Lipinski definition) is 3. The lowest BCUT2D eigenvalue weighted by atomic mass is 10.1. The zero-order chi connectivity index (χ0) is 16.2. The van der Waals surface area contributed by atoms with Gasteiger partial charge in [0.15, 0.2) is 0 Å². The smallest absolute Gasteiger partial charge is 0.251 e. The molecule has 0 aliphatic carbocycles. The summed E-state index contributed by atoms with van der Waals surface area (Å²) in [4.78, 5) is 23.6. The van der Waals surface area contributed by atoms with Crippen molar-refractivity contribution in [1.82, 2.24) is 10.6 Å². The summed E-state index contributed by atoms with van der Waals surface area (Å²) in [5.41, 5.74) is 6.28. The number of benzene rings is 1. The minimum Gasteiger partial charge on any atom is -0.352 e. The van der Waals surface area contributed by atoms with E-state index in [0.29, 0.717) is 31.5 Å². The van der Waals surface area contributed by atoms with Gasteiger partial charge in [0.05, 0.1) is 0 Å². The highest BCUT2D eigenvalue weighted by molar-refractivity contribution is 5.94. The Morgan fingerprint density at radius 2 is 1.87 bits per heavy atom. The van der Waals surface area contributed by atoms with Crippen LogP contribution in [0, 0.1) is 0 Å². The minimum absolute atomic E-state index is 0. The number of halogens is 1. The summed E-state index contributed by atoms with van der Waals surface area (Å²) >= 11 is 0. The minimum atomic E-state index is -0.108. The van der Waals surface area contributed by atoms with Crippen molar-refractivity contribution in [3.63, 3.8) is 0 Å². The Morgan fingerprint density at radius 1 is 1.17 bits per heavy atom. The van der Waals surface area contributed by atoms with Crippen LogP contribution < -0.4 is 16.4 Å². The normalized spacial score (nSPS) is 11.2. The number of unbranched alkanes of at least 4 members (excludes halogenated alkanes) is 1. The molecule has 4 N–H and O–H groups in total. The van der Waals surface area contributed by atoms with Crippen LogP contribution in [-0.2, 0) is 4.79 Å². The van der Waals surface area contributed by atoms with Gasteiger partial charge in [-0.2, -0.15) is 0 Å². The van der Waals surface area contributed by atoms with Gasteiger partial charge in [0.1, 0.15) is 0 Å². The van der Waals surface area contributed by atoms with Crippen molar-refractivity contribution in [2.45, 2.75) is 45.1 Å². The molecule has 5 nitrogen and oxygen atoms in total.